The van der Waals surface area contributed by atoms with Crippen LogP contribution in [0, 0.1) is 0 Å². The first-order chi connectivity index (χ1) is 13.4. The summed E-state index contributed by atoms with van der Waals surface area (Å²) >= 11 is 12.0. The zero-order valence-corrected chi connectivity index (χ0v) is 17.4. The van der Waals surface area contributed by atoms with Crippen LogP contribution in [0.1, 0.15) is 44.1 Å². The van der Waals surface area contributed by atoms with Gasteiger partial charge in [0.25, 0.3) is 0 Å². The van der Waals surface area contributed by atoms with Gasteiger partial charge in [0.2, 0.25) is 5.60 Å². The van der Waals surface area contributed by atoms with Crippen molar-refractivity contribution in [2.24, 2.45) is 5.16 Å². The molecule has 6 nitrogen and oxygen atoms in total. The van der Waals surface area contributed by atoms with Gasteiger partial charge in [-0.2, -0.15) is 0 Å². The molecule has 28 heavy (non-hydrogen) atoms. The molecule has 0 aromatic heterocycles. The molecule has 1 aliphatic heterocycles. The zero-order chi connectivity index (χ0) is 20.6. The Balaban J connectivity index is 1.78. The van der Waals surface area contributed by atoms with Crippen molar-refractivity contribution >= 4 is 46.9 Å². The lowest BCUT2D eigenvalue weighted by atomic mass is 9.92. The lowest BCUT2D eigenvalue weighted by Crippen LogP contribution is -2.42. The summed E-state index contributed by atoms with van der Waals surface area (Å²) in [6, 6.07) is 5.38. The number of carbonyl (C=O) groups excluding carboxylic acids is 2. The van der Waals surface area contributed by atoms with E-state index in [1.165, 1.54) is 14.2 Å². The van der Waals surface area contributed by atoms with Crippen molar-refractivity contribution in [2.75, 3.05) is 14.2 Å². The van der Waals surface area contributed by atoms with Crippen LogP contribution in [-0.4, -0.2) is 37.5 Å². The summed E-state index contributed by atoms with van der Waals surface area (Å²) in [7, 11) is 2.51. The number of carbonyl (C=O) groups is 2. The zero-order valence-electron chi connectivity index (χ0n) is 15.9. The average molecular weight is 428 g/mol. The van der Waals surface area contributed by atoms with Gasteiger partial charge in [-0.15, -0.1) is 0 Å². The number of oxime groups is 1. The number of allylic oxidation sites excluding steroid dienone is 1. The van der Waals surface area contributed by atoms with Gasteiger partial charge in [0, 0.05) is 16.5 Å². The Kier molecular flexibility index (Phi) is 8.33. The van der Waals surface area contributed by atoms with E-state index in [1.807, 2.05) is 12.1 Å². The highest BCUT2D eigenvalue weighted by Crippen LogP contribution is 2.31. The summed E-state index contributed by atoms with van der Waals surface area (Å²) in [6.45, 7) is 0. The van der Waals surface area contributed by atoms with Crippen LogP contribution in [0.4, 0.5) is 0 Å². The van der Waals surface area contributed by atoms with E-state index in [9.17, 15) is 9.59 Å². The van der Waals surface area contributed by atoms with Gasteiger partial charge in [0.1, 0.15) is 0 Å². The highest BCUT2D eigenvalue weighted by atomic mass is 35.5. The van der Waals surface area contributed by atoms with Crippen LogP contribution >= 0.6 is 23.2 Å². The molecule has 0 amide bonds. The van der Waals surface area contributed by atoms with Crippen molar-refractivity contribution in [3.05, 3.63) is 39.9 Å². The van der Waals surface area contributed by atoms with Crippen molar-refractivity contribution in [3.63, 3.8) is 0 Å². The van der Waals surface area contributed by atoms with Crippen molar-refractivity contribution in [1.29, 1.82) is 0 Å². The van der Waals surface area contributed by atoms with Crippen LogP contribution in [0.2, 0.25) is 10.0 Å². The first kappa shape index (κ1) is 22.2. The third kappa shape index (κ3) is 5.97. The van der Waals surface area contributed by atoms with Crippen LogP contribution in [0.15, 0.2) is 29.4 Å². The minimum absolute atomic E-state index is 0.227. The third-order valence-corrected chi connectivity index (χ3v) is 4.96. The molecule has 0 aliphatic carbocycles. The number of methoxy groups -OCH3 is 2. The summed E-state index contributed by atoms with van der Waals surface area (Å²) in [5.41, 5.74) is 0.243. The van der Waals surface area contributed by atoms with Crippen molar-refractivity contribution in [1.82, 2.24) is 0 Å². The Morgan fingerprint density at radius 3 is 2.71 bits per heavy atom. The topological polar surface area (TPSA) is 74.2 Å². The van der Waals surface area contributed by atoms with Crippen LogP contribution in [-0.2, 0) is 23.9 Å². The van der Waals surface area contributed by atoms with Gasteiger partial charge in [-0.05, 0) is 43.4 Å². The van der Waals surface area contributed by atoms with E-state index in [0.717, 1.165) is 30.5 Å². The normalized spacial score (nSPS) is 18.6. The highest BCUT2D eigenvalue weighted by molar-refractivity contribution is 6.35. The molecule has 1 atom stereocenters. The van der Waals surface area contributed by atoms with Crippen LogP contribution in [0.3, 0.4) is 0 Å². The van der Waals surface area contributed by atoms with Gasteiger partial charge in [-0.25, -0.2) is 4.79 Å². The Morgan fingerprint density at radius 2 is 2.04 bits per heavy atom. The number of nitrogens with zero attached hydrogens (tertiary/aromatic N) is 1. The van der Waals surface area contributed by atoms with Gasteiger partial charge >= 0.3 is 11.9 Å². The largest absolute Gasteiger partial charge is 0.469 e. The van der Waals surface area contributed by atoms with E-state index in [4.69, 9.17) is 32.8 Å². The van der Waals surface area contributed by atoms with Gasteiger partial charge in [0.05, 0.1) is 26.4 Å². The molecule has 0 N–H and O–H groups in total. The average Bonchev–Trinajstić information content (AvgIpc) is 3.09. The van der Waals surface area contributed by atoms with Crippen LogP contribution in [0.25, 0.3) is 6.08 Å². The molecular formula is C20H23Cl2NO5. The Bertz CT molecular complexity index is 778. The van der Waals surface area contributed by atoms with Crippen LogP contribution < -0.4 is 0 Å². The SMILES string of the molecule is COC(=O)CC1(C(=O)OC)CC(CCCC/C=C/c2ccc(Cl)cc2Cl)=NO1. The van der Waals surface area contributed by atoms with Gasteiger partial charge in [-0.1, -0.05) is 46.6 Å². The van der Waals surface area contributed by atoms with E-state index >= 15 is 0 Å². The van der Waals surface area contributed by atoms with Gasteiger partial charge < -0.3 is 14.3 Å². The van der Waals surface area contributed by atoms with Gasteiger partial charge in [0.15, 0.2) is 0 Å². The number of halogens is 2. The molecule has 8 heteroatoms. The molecular weight excluding hydrogens is 405 g/mol. The minimum Gasteiger partial charge on any atom is -0.469 e. The fourth-order valence-electron chi connectivity index (χ4n) is 2.89. The predicted molar refractivity (Wildman–Crippen MR) is 108 cm³/mol. The maximum absolute atomic E-state index is 12.1. The first-order valence-electron chi connectivity index (χ1n) is 8.91. The first-order valence-corrected chi connectivity index (χ1v) is 9.66. The molecule has 2 rings (SSSR count). The molecule has 0 spiro atoms. The summed E-state index contributed by atoms with van der Waals surface area (Å²) in [4.78, 5) is 29.0. The second kappa shape index (κ2) is 10.5. The Morgan fingerprint density at radius 1 is 1.25 bits per heavy atom. The molecule has 0 bridgehead atoms. The molecule has 0 radical (unpaired) electrons. The summed E-state index contributed by atoms with van der Waals surface area (Å²) in [6.07, 6.45) is 7.37. The third-order valence-electron chi connectivity index (χ3n) is 4.40. The summed E-state index contributed by atoms with van der Waals surface area (Å²) in [5, 5.41) is 5.22. The number of unbranched alkanes of at least 4 members (excludes halogenated alkanes) is 2. The van der Waals surface area contributed by atoms with E-state index in [0.29, 0.717) is 16.5 Å². The molecule has 1 aromatic rings. The molecule has 0 saturated carbocycles. The quantitative estimate of drug-likeness (QED) is 0.417. The number of benzene rings is 1. The lowest BCUT2D eigenvalue weighted by molar-refractivity contribution is -0.173. The van der Waals surface area contributed by atoms with E-state index in [2.05, 4.69) is 16.0 Å². The number of hydrogen-bond donors (Lipinski definition) is 0. The maximum Gasteiger partial charge on any atom is 0.354 e. The predicted octanol–water partition coefficient (Wildman–Crippen LogP) is 4.82. The van der Waals surface area contributed by atoms with Crippen molar-refractivity contribution in [3.8, 4) is 0 Å². The standard InChI is InChI=1S/C20H23Cl2NO5/c1-26-18(24)13-20(19(25)27-2)12-16(23-28-20)8-6-4-3-5-7-14-9-10-15(21)11-17(14)22/h5,7,9-11H,3-4,6,8,12-13H2,1-2H3/b7-5+. The molecule has 0 fully saturated rings. The van der Waals surface area contributed by atoms with E-state index in [1.54, 1.807) is 12.1 Å². The second-order valence-electron chi connectivity index (χ2n) is 6.48. The molecule has 1 unspecified atom stereocenters. The maximum atomic E-state index is 12.1. The lowest BCUT2D eigenvalue weighted by Gasteiger charge is -2.22. The molecule has 1 aromatic carbocycles. The summed E-state index contributed by atoms with van der Waals surface area (Å²) < 4.78 is 9.42. The monoisotopic (exact) mass is 427 g/mol. The van der Waals surface area contributed by atoms with Crippen molar-refractivity contribution < 1.29 is 23.9 Å². The van der Waals surface area contributed by atoms with Gasteiger partial charge in [-0.3, -0.25) is 4.79 Å². The number of rotatable bonds is 9. The van der Waals surface area contributed by atoms with E-state index in [-0.39, 0.29) is 12.8 Å². The molecule has 0 saturated heterocycles. The minimum atomic E-state index is -1.41. The Labute approximate surface area is 174 Å². The second-order valence-corrected chi connectivity index (χ2v) is 7.32. The summed E-state index contributed by atoms with van der Waals surface area (Å²) in [5.74, 6) is -1.17. The fraction of sp³-hybridized carbons (Fsp3) is 0.450. The fourth-order valence-corrected chi connectivity index (χ4v) is 3.36. The molecule has 152 valence electrons. The van der Waals surface area contributed by atoms with Crippen molar-refractivity contribution in [2.45, 2.75) is 44.1 Å². The number of hydrogen-bond acceptors (Lipinski definition) is 6. The van der Waals surface area contributed by atoms with E-state index < -0.39 is 17.5 Å². The molecule has 1 aliphatic rings. The number of ether oxygens (including phenoxy) is 2. The van der Waals surface area contributed by atoms with Crippen LogP contribution in [0.5, 0.6) is 0 Å². The number of esters is 2. The molecule has 1 heterocycles. The Hall–Kier alpha value is -2.05. The highest BCUT2D eigenvalue weighted by Gasteiger charge is 2.49. The smallest absolute Gasteiger partial charge is 0.354 e.